The number of carbonyl (C=O) groups is 2. The maximum atomic E-state index is 13.1. The minimum absolute atomic E-state index is 0.0570. The molecule has 2 amide bonds. The van der Waals surface area contributed by atoms with E-state index < -0.39 is 5.91 Å². The Morgan fingerprint density at radius 2 is 1.64 bits per heavy atom. The van der Waals surface area contributed by atoms with Gasteiger partial charge in [-0.3, -0.25) is 14.4 Å². The van der Waals surface area contributed by atoms with E-state index in [-0.39, 0.29) is 29.5 Å². The number of aryl methyl sites for hydroxylation is 1. The number of methoxy groups -OCH3 is 1. The highest BCUT2D eigenvalue weighted by Crippen LogP contribution is 2.32. The van der Waals surface area contributed by atoms with Crippen molar-refractivity contribution >= 4 is 34.2 Å². The molecule has 0 spiro atoms. The van der Waals surface area contributed by atoms with Crippen LogP contribution in [0.3, 0.4) is 0 Å². The molecule has 0 unspecified atom stereocenters. The third-order valence-electron chi connectivity index (χ3n) is 5.10. The second-order valence-corrected chi connectivity index (χ2v) is 7.83. The molecule has 4 rings (SSSR count). The fourth-order valence-electron chi connectivity index (χ4n) is 3.51. The molecule has 0 radical (unpaired) electrons. The van der Waals surface area contributed by atoms with Crippen LogP contribution in [0.1, 0.15) is 12.7 Å². The van der Waals surface area contributed by atoms with Gasteiger partial charge in [-0.05, 0) is 49.4 Å². The van der Waals surface area contributed by atoms with Crippen molar-refractivity contribution in [2.24, 2.45) is 0 Å². The number of nitrogens with one attached hydrogen (secondary N) is 2. The third kappa shape index (κ3) is 5.64. The summed E-state index contributed by atoms with van der Waals surface area (Å²) in [6.07, 6.45) is 0. The maximum absolute atomic E-state index is 13.1. The lowest BCUT2D eigenvalue weighted by Crippen LogP contribution is -2.20. The number of rotatable bonds is 8. The summed E-state index contributed by atoms with van der Waals surface area (Å²) < 4.78 is 22.5. The van der Waals surface area contributed by atoms with Crippen molar-refractivity contribution in [3.05, 3.63) is 82.7 Å². The van der Waals surface area contributed by atoms with Gasteiger partial charge in [0.25, 0.3) is 5.91 Å². The first-order chi connectivity index (χ1) is 17.3. The monoisotopic (exact) mass is 488 g/mol. The normalized spacial score (nSPS) is 10.5. The van der Waals surface area contributed by atoms with Crippen molar-refractivity contribution in [2.75, 3.05) is 24.4 Å². The zero-order valence-electron chi connectivity index (χ0n) is 19.9. The lowest BCUT2D eigenvalue weighted by Gasteiger charge is -2.12. The molecule has 9 heteroatoms. The van der Waals surface area contributed by atoms with Crippen LogP contribution in [0.15, 0.2) is 75.9 Å². The summed E-state index contributed by atoms with van der Waals surface area (Å²) in [4.78, 5) is 36.6. The van der Waals surface area contributed by atoms with Crippen molar-refractivity contribution in [1.82, 2.24) is 0 Å². The van der Waals surface area contributed by atoms with Crippen LogP contribution in [0.5, 0.6) is 23.0 Å². The number of fused-ring (bicyclic) bond motifs is 1. The zero-order valence-corrected chi connectivity index (χ0v) is 19.9. The number of para-hydroxylation sites is 2. The van der Waals surface area contributed by atoms with Gasteiger partial charge in [0.2, 0.25) is 17.1 Å². The van der Waals surface area contributed by atoms with E-state index in [2.05, 4.69) is 10.6 Å². The van der Waals surface area contributed by atoms with Crippen LogP contribution in [-0.2, 0) is 9.59 Å². The van der Waals surface area contributed by atoms with Gasteiger partial charge < -0.3 is 29.3 Å². The highest BCUT2D eigenvalue weighted by Gasteiger charge is 2.16. The number of amides is 2. The van der Waals surface area contributed by atoms with Crippen LogP contribution < -0.4 is 30.3 Å². The van der Waals surface area contributed by atoms with Gasteiger partial charge in [0, 0.05) is 24.4 Å². The summed E-state index contributed by atoms with van der Waals surface area (Å²) in [6.45, 7) is 2.76. The summed E-state index contributed by atoms with van der Waals surface area (Å²) in [5, 5.41) is 5.66. The minimum atomic E-state index is -0.395. The first-order valence-corrected chi connectivity index (χ1v) is 11.0. The fraction of sp³-hybridized carbons (Fsp3) is 0.148. The average molecular weight is 488 g/mol. The van der Waals surface area contributed by atoms with E-state index in [9.17, 15) is 14.4 Å². The number of benzene rings is 3. The fourth-order valence-corrected chi connectivity index (χ4v) is 3.51. The van der Waals surface area contributed by atoms with Crippen molar-refractivity contribution in [2.45, 2.75) is 13.8 Å². The Balaban J connectivity index is 1.47. The van der Waals surface area contributed by atoms with Crippen molar-refractivity contribution < 1.29 is 28.2 Å². The van der Waals surface area contributed by atoms with E-state index in [0.717, 1.165) is 0 Å². The molecule has 0 aliphatic carbocycles. The quantitative estimate of drug-likeness (QED) is 0.363. The Kier molecular flexibility index (Phi) is 7.20. The largest absolute Gasteiger partial charge is 0.493 e. The van der Waals surface area contributed by atoms with E-state index in [1.165, 1.54) is 14.0 Å². The third-order valence-corrected chi connectivity index (χ3v) is 5.10. The van der Waals surface area contributed by atoms with Gasteiger partial charge in [-0.2, -0.15) is 0 Å². The molecule has 3 aromatic carbocycles. The Morgan fingerprint density at radius 1 is 0.917 bits per heavy atom. The van der Waals surface area contributed by atoms with Gasteiger partial charge in [-0.25, -0.2) is 0 Å². The highest BCUT2D eigenvalue weighted by atomic mass is 16.5. The van der Waals surface area contributed by atoms with Crippen molar-refractivity contribution in [1.29, 1.82) is 0 Å². The standard InChI is InChI=1S/C27H24N2O7/c1-16-27(36-23-10-5-4-9-22(23)33-3)26(32)21-12-11-20(14-24(21)35-16)34-15-25(31)29-19-8-6-7-18(13-19)28-17(2)30/h4-14H,15H2,1-3H3,(H,28,30)(H,29,31). The predicted molar refractivity (Wildman–Crippen MR) is 135 cm³/mol. The molecule has 0 saturated heterocycles. The van der Waals surface area contributed by atoms with Crippen LogP contribution in [-0.4, -0.2) is 25.5 Å². The van der Waals surface area contributed by atoms with E-state index in [1.54, 1.807) is 73.7 Å². The SMILES string of the molecule is COc1ccccc1Oc1c(C)oc2cc(OCC(=O)Nc3cccc(NC(C)=O)c3)ccc2c1=O. The molecule has 0 aliphatic rings. The molecule has 0 bridgehead atoms. The number of anilines is 2. The van der Waals surface area contributed by atoms with Crippen molar-refractivity contribution in [3.63, 3.8) is 0 Å². The lowest BCUT2D eigenvalue weighted by molar-refractivity contribution is -0.118. The first-order valence-electron chi connectivity index (χ1n) is 11.0. The highest BCUT2D eigenvalue weighted by molar-refractivity contribution is 5.94. The van der Waals surface area contributed by atoms with Crippen LogP contribution in [0.2, 0.25) is 0 Å². The molecule has 9 nitrogen and oxygen atoms in total. The Morgan fingerprint density at radius 3 is 2.36 bits per heavy atom. The average Bonchev–Trinajstić information content (AvgIpc) is 2.85. The second kappa shape index (κ2) is 10.6. The summed E-state index contributed by atoms with van der Waals surface area (Å²) in [6, 6.07) is 18.4. The number of hydrogen-bond donors (Lipinski definition) is 2. The van der Waals surface area contributed by atoms with Crippen LogP contribution in [0, 0.1) is 6.92 Å². The van der Waals surface area contributed by atoms with Crippen LogP contribution >= 0.6 is 0 Å². The summed E-state index contributed by atoms with van der Waals surface area (Å²) in [7, 11) is 1.52. The molecule has 36 heavy (non-hydrogen) atoms. The number of carbonyl (C=O) groups excluding carboxylic acids is 2. The molecular weight excluding hydrogens is 464 g/mol. The smallest absolute Gasteiger partial charge is 0.262 e. The minimum Gasteiger partial charge on any atom is -0.493 e. The molecule has 1 aromatic heterocycles. The molecule has 1 heterocycles. The number of ether oxygens (including phenoxy) is 3. The zero-order chi connectivity index (χ0) is 25.7. The van der Waals surface area contributed by atoms with E-state index >= 15 is 0 Å². The van der Waals surface area contributed by atoms with E-state index in [4.69, 9.17) is 18.6 Å². The Bertz CT molecular complexity index is 1490. The van der Waals surface area contributed by atoms with Gasteiger partial charge in [-0.15, -0.1) is 0 Å². The molecule has 184 valence electrons. The topological polar surface area (TPSA) is 116 Å². The van der Waals surface area contributed by atoms with Crippen molar-refractivity contribution in [3.8, 4) is 23.0 Å². The lowest BCUT2D eigenvalue weighted by atomic mass is 10.2. The van der Waals surface area contributed by atoms with E-state index in [1.807, 2.05) is 0 Å². The van der Waals surface area contributed by atoms with Gasteiger partial charge in [0.15, 0.2) is 18.1 Å². The van der Waals surface area contributed by atoms with Crippen LogP contribution in [0.25, 0.3) is 11.0 Å². The molecule has 2 N–H and O–H groups in total. The predicted octanol–water partition coefficient (Wildman–Crippen LogP) is 4.88. The molecule has 0 fully saturated rings. The second-order valence-electron chi connectivity index (χ2n) is 7.83. The van der Waals surface area contributed by atoms with Gasteiger partial charge in [0.1, 0.15) is 17.1 Å². The van der Waals surface area contributed by atoms with Gasteiger partial charge >= 0.3 is 0 Å². The Hall–Kier alpha value is -4.79. The molecular formula is C27H24N2O7. The summed E-state index contributed by atoms with van der Waals surface area (Å²) in [5.41, 5.74) is 1.03. The van der Waals surface area contributed by atoms with Crippen LogP contribution in [0.4, 0.5) is 11.4 Å². The number of hydrogen-bond acceptors (Lipinski definition) is 7. The summed E-state index contributed by atoms with van der Waals surface area (Å²) >= 11 is 0. The maximum Gasteiger partial charge on any atom is 0.262 e. The van der Waals surface area contributed by atoms with Gasteiger partial charge in [0.05, 0.1) is 12.5 Å². The Labute approximate surface area is 206 Å². The molecule has 0 saturated carbocycles. The summed E-state index contributed by atoms with van der Waals surface area (Å²) in [5.74, 6) is 0.967. The molecule has 4 aromatic rings. The van der Waals surface area contributed by atoms with E-state index in [0.29, 0.717) is 39.6 Å². The van der Waals surface area contributed by atoms with Gasteiger partial charge in [-0.1, -0.05) is 18.2 Å². The molecule has 0 atom stereocenters. The first kappa shape index (κ1) is 24.3. The molecule has 0 aliphatic heterocycles.